The van der Waals surface area contributed by atoms with Gasteiger partial charge in [-0.2, -0.15) is 0 Å². The molecular weight excluding hydrogens is 226 g/mol. The Morgan fingerprint density at radius 1 is 1.31 bits per heavy atom. The first kappa shape index (κ1) is 9.39. The Bertz CT molecular complexity index is 340. The molecule has 0 aliphatic carbocycles. The molecule has 1 aliphatic rings. The van der Waals surface area contributed by atoms with Gasteiger partial charge in [0.05, 0.1) is 13.2 Å². The van der Waals surface area contributed by atoms with Gasteiger partial charge in [-0.15, -0.1) is 0 Å². The third-order valence-corrected chi connectivity index (χ3v) is 4.91. The van der Waals surface area contributed by atoms with Crippen LogP contribution in [0.4, 0.5) is 5.00 Å². The fourth-order valence-electron chi connectivity index (χ4n) is 1.21. The molecule has 72 valence electrons. The summed E-state index contributed by atoms with van der Waals surface area (Å²) in [5.41, 5.74) is 0. The Balaban J connectivity index is 2.23. The van der Waals surface area contributed by atoms with Crippen molar-refractivity contribution in [2.45, 2.75) is 0 Å². The predicted molar refractivity (Wildman–Crippen MR) is 57.7 cm³/mol. The fourth-order valence-corrected chi connectivity index (χ4v) is 3.80. The van der Waals surface area contributed by atoms with Crippen LogP contribution >= 0.6 is 32.9 Å². The summed E-state index contributed by atoms with van der Waals surface area (Å²) in [6, 6.07) is 0. The molecule has 0 spiro atoms. The second-order valence-electron chi connectivity index (χ2n) is 2.71. The van der Waals surface area contributed by atoms with Gasteiger partial charge in [0.25, 0.3) is 0 Å². The van der Waals surface area contributed by atoms with Crippen molar-refractivity contribution in [3.8, 4) is 5.75 Å². The van der Waals surface area contributed by atoms with Crippen molar-refractivity contribution >= 4 is 37.9 Å². The van der Waals surface area contributed by atoms with Crippen molar-refractivity contribution < 1.29 is 9.84 Å². The molecule has 0 atom stereocenters. The Morgan fingerprint density at radius 2 is 2.00 bits per heavy atom. The van der Waals surface area contributed by atoms with Crippen LogP contribution in [0.1, 0.15) is 0 Å². The summed E-state index contributed by atoms with van der Waals surface area (Å²) in [5.74, 6) is 0.270. The van der Waals surface area contributed by atoms with Crippen LogP contribution in [0.15, 0.2) is 0 Å². The van der Waals surface area contributed by atoms with Gasteiger partial charge in [0, 0.05) is 13.1 Å². The summed E-state index contributed by atoms with van der Waals surface area (Å²) in [7, 11) is 2.99. The van der Waals surface area contributed by atoms with E-state index in [2.05, 4.69) is 4.90 Å². The first-order valence-corrected chi connectivity index (χ1v) is 6.49. The normalized spacial score (nSPS) is 17.7. The highest BCUT2D eigenvalue weighted by Gasteiger charge is 2.17. The summed E-state index contributed by atoms with van der Waals surface area (Å²) in [6.45, 7) is 3.15. The second-order valence-corrected chi connectivity index (χ2v) is 5.50. The molecular formula is C7H9NO2S3. The van der Waals surface area contributed by atoms with Crippen molar-refractivity contribution in [3.63, 3.8) is 0 Å². The molecule has 1 saturated heterocycles. The maximum absolute atomic E-state index is 9.62. The topological polar surface area (TPSA) is 32.7 Å². The van der Waals surface area contributed by atoms with Crippen LogP contribution in [-0.4, -0.2) is 31.4 Å². The van der Waals surface area contributed by atoms with Crippen molar-refractivity contribution in [1.82, 2.24) is 0 Å². The van der Waals surface area contributed by atoms with Crippen molar-refractivity contribution in [3.05, 3.63) is 3.82 Å². The summed E-state index contributed by atoms with van der Waals surface area (Å²) in [4.78, 5) is 2.12. The molecule has 0 bridgehead atoms. The van der Waals surface area contributed by atoms with Crippen molar-refractivity contribution in [1.29, 1.82) is 0 Å². The van der Waals surface area contributed by atoms with Gasteiger partial charge in [0.15, 0.2) is 5.75 Å². The van der Waals surface area contributed by atoms with E-state index in [1.807, 2.05) is 0 Å². The molecule has 3 nitrogen and oxygen atoms in total. The summed E-state index contributed by atoms with van der Waals surface area (Å²) >= 11 is 4.96. The maximum Gasteiger partial charge on any atom is 0.179 e. The highest BCUT2D eigenvalue weighted by atomic mass is 32.9. The molecule has 1 aromatic rings. The first-order chi connectivity index (χ1) is 6.29. The van der Waals surface area contributed by atoms with Crippen LogP contribution in [0.25, 0.3) is 0 Å². The number of hydrogen-bond acceptors (Lipinski definition) is 6. The molecule has 1 N–H and O–H groups in total. The average molecular weight is 235 g/mol. The van der Waals surface area contributed by atoms with E-state index in [0.717, 1.165) is 31.3 Å². The SMILES string of the molecule is Oc1c(N2CCOCC2)ssc1=S. The fraction of sp³-hybridized carbons (Fsp3) is 0.571. The summed E-state index contributed by atoms with van der Waals surface area (Å²) in [6.07, 6.45) is 0. The van der Waals surface area contributed by atoms with Crippen LogP contribution in [0.2, 0.25) is 0 Å². The quantitative estimate of drug-likeness (QED) is 0.597. The highest BCUT2D eigenvalue weighted by molar-refractivity contribution is 7.80. The van der Waals surface area contributed by atoms with Crippen LogP contribution in [0.3, 0.4) is 0 Å². The van der Waals surface area contributed by atoms with Crippen molar-refractivity contribution in [2.75, 3.05) is 31.2 Å². The van der Waals surface area contributed by atoms with Gasteiger partial charge in [-0.3, -0.25) is 0 Å². The van der Waals surface area contributed by atoms with Gasteiger partial charge in [-0.05, 0) is 0 Å². The Hall–Kier alpha value is -0.170. The number of nitrogens with zero attached hydrogens (tertiary/aromatic N) is 1. The standard InChI is InChI=1S/C7H9NO2S3/c9-5-6(12-13-7(5)11)8-1-3-10-4-2-8/h9H,1-4H2. The third-order valence-electron chi connectivity index (χ3n) is 1.89. The number of hydrogen-bond donors (Lipinski definition) is 1. The molecule has 2 heterocycles. The summed E-state index contributed by atoms with van der Waals surface area (Å²) < 4.78 is 5.82. The Labute approximate surface area is 88.6 Å². The zero-order chi connectivity index (χ0) is 9.26. The van der Waals surface area contributed by atoms with E-state index < -0.39 is 0 Å². The van der Waals surface area contributed by atoms with E-state index >= 15 is 0 Å². The van der Waals surface area contributed by atoms with E-state index in [0.29, 0.717) is 3.82 Å². The lowest BCUT2D eigenvalue weighted by Crippen LogP contribution is -2.35. The van der Waals surface area contributed by atoms with Crippen LogP contribution < -0.4 is 4.90 Å². The number of rotatable bonds is 1. The minimum atomic E-state index is 0.270. The number of ether oxygens (including phenoxy) is 1. The largest absolute Gasteiger partial charge is 0.503 e. The first-order valence-electron chi connectivity index (χ1n) is 3.94. The van der Waals surface area contributed by atoms with E-state index in [-0.39, 0.29) is 5.75 Å². The van der Waals surface area contributed by atoms with E-state index in [1.165, 1.54) is 10.3 Å². The molecule has 1 aliphatic heterocycles. The molecule has 0 radical (unpaired) electrons. The molecule has 6 heteroatoms. The van der Waals surface area contributed by atoms with Gasteiger partial charge in [0.1, 0.15) is 8.82 Å². The zero-order valence-corrected chi connectivity index (χ0v) is 9.31. The number of morpholine rings is 1. The molecule has 1 fully saturated rings. The molecule has 0 saturated carbocycles. The van der Waals surface area contributed by atoms with Crippen LogP contribution in [-0.2, 0) is 4.74 Å². The molecule has 0 unspecified atom stereocenters. The Morgan fingerprint density at radius 3 is 2.54 bits per heavy atom. The number of anilines is 1. The summed E-state index contributed by atoms with van der Waals surface area (Å²) in [5, 5.41) is 10.5. The van der Waals surface area contributed by atoms with Gasteiger partial charge in [0.2, 0.25) is 0 Å². The average Bonchev–Trinajstić information content (AvgIpc) is 2.49. The lowest BCUT2D eigenvalue weighted by Gasteiger charge is -2.27. The monoisotopic (exact) mass is 235 g/mol. The number of aromatic hydroxyl groups is 1. The van der Waals surface area contributed by atoms with Gasteiger partial charge >= 0.3 is 0 Å². The predicted octanol–water partition coefficient (Wildman–Crippen LogP) is 2.08. The van der Waals surface area contributed by atoms with Crippen LogP contribution in [0, 0.1) is 3.82 Å². The van der Waals surface area contributed by atoms with E-state index in [4.69, 9.17) is 17.0 Å². The van der Waals surface area contributed by atoms with Gasteiger partial charge in [-0.1, -0.05) is 32.9 Å². The smallest absolute Gasteiger partial charge is 0.179 e. The molecule has 2 rings (SSSR count). The minimum absolute atomic E-state index is 0.270. The third kappa shape index (κ3) is 1.85. The van der Waals surface area contributed by atoms with E-state index in [1.54, 1.807) is 10.3 Å². The Kier molecular flexibility index (Phi) is 2.83. The van der Waals surface area contributed by atoms with E-state index in [9.17, 15) is 5.11 Å². The van der Waals surface area contributed by atoms with Gasteiger partial charge in [-0.25, -0.2) is 0 Å². The second kappa shape index (κ2) is 3.91. The molecule has 1 aromatic heterocycles. The lowest BCUT2D eigenvalue weighted by molar-refractivity contribution is 0.123. The molecule has 0 amide bonds. The van der Waals surface area contributed by atoms with Crippen molar-refractivity contribution in [2.24, 2.45) is 0 Å². The lowest BCUT2D eigenvalue weighted by atomic mass is 10.4. The highest BCUT2D eigenvalue weighted by Crippen LogP contribution is 2.39. The minimum Gasteiger partial charge on any atom is -0.503 e. The van der Waals surface area contributed by atoms with Crippen LogP contribution in [0.5, 0.6) is 5.75 Å². The zero-order valence-electron chi connectivity index (χ0n) is 6.86. The maximum atomic E-state index is 9.62. The molecule has 13 heavy (non-hydrogen) atoms. The molecule has 0 aromatic carbocycles. The van der Waals surface area contributed by atoms with Gasteiger partial charge < -0.3 is 14.7 Å².